The number of hydrogen-bond acceptors (Lipinski definition) is 13. The lowest BCUT2D eigenvalue weighted by Crippen LogP contribution is -2.02. The minimum Gasteiger partial charge on any atom is -0.508 e. The van der Waals surface area contributed by atoms with Crippen LogP contribution in [0.5, 0.6) is 17.2 Å². The molecule has 1 aliphatic heterocycles. The normalized spacial score (nSPS) is 11.6. The second-order valence-corrected chi connectivity index (χ2v) is 28.0. The number of aromatic nitrogens is 4. The molecule has 1 unspecified atom stereocenters. The number of nitrogen functional groups attached to an aromatic ring is 3. The van der Waals surface area contributed by atoms with Gasteiger partial charge in [0.2, 0.25) is 0 Å². The fraction of sp³-hybridized carbons (Fsp3) is 0.463. The van der Waals surface area contributed by atoms with Gasteiger partial charge in [-0.2, -0.15) is 10.2 Å². The lowest BCUT2D eigenvalue weighted by atomic mass is 9.91. The number of benzene rings is 4. The van der Waals surface area contributed by atoms with Gasteiger partial charge in [-0.05, 0) is 249 Å². The van der Waals surface area contributed by atoms with Crippen molar-refractivity contribution in [1.82, 2.24) is 19.9 Å². The van der Waals surface area contributed by atoms with Crippen molar-refractivity contribution in [1.29, 1.82) is 0 Å². The number of hydrogen-bond donors (Lipinski definition) is 7. The molecule has 15 heteroatoms. The molecule has 0 fully saturated rings. The van der Waals surface area contributed by atoms with Gasteiger partial charge in [-0.1, -0.05) is 185 Å². The highest BCUT2D eigenvalue weighted by atomic mass is 35.5. The Morgan fingerprint density at radius 1 is 0.423 bits per heavy atom. The lowest BCUT2D eigenvalue weighted by Gasteiger charge is -2.16. The van der Waals surface area contributed by atoms with Gasteiger partial charge in [0, 0.05) is 36.4 Å². The van der Waals surface area contributed by atoms with Crippen LogP contribution >= 0.6 is 23.2 Å². The zero-order valence-electron chi connectivity index (χ0n) is 62.4. The molecule has 0 spiro atoms. The number of aryl methyl sites for hydroxylation is 8. The van der Waals surface area contributed by atoms with Crippen molar-refractivity contribution >= 4 is 52.2 Å². The van der Waals surface area contributed by atoms with Crippen molar-refractivity contribution in [2.75, 3.05) is 29.6 Å². The van der Waals surface area contributed by atoms with Crippen LogP contribution in [-0.4, -0.2) is 42.3 Å². The van der Waals surface area contributed by atoms with Gasteiger partial charge in [-0.25, -0.2) is 19.9 Å². The molecule has 0 bridgehead atoms. The topological polar surface area (TPSA) is 227 Å². The molecule has 4 aromatic heterocycles. The maximum atomic E-state index is 9.76. The molecule has 97 heavy (non-hydrogen) atoms. The molecule has 4 aromatic carbocycles. The average molecular weight is 1370 g/mol. The first-order chi connectivity index (χ1) is 44.2. The largest absolute Gasteiger partial charge is 0.508 e. The van der Waals surface area contributed by atoms with Crippen LogP contribution in [0.2, 0.25) is 10.0 Å². The quantitative estimate of drug-likeness (QED) is 0.0719. The highest BCUT2D eigenvalue weighted by Crippen LogP contribution is 2.40. The minimum absolute atomic E-state index is 0. The summed E-state index contributed by atoms with van der Waals surface area (Å²) >= 11 is 11.7. The van der Waals surface area contributed by atoms with E-state index in [1.54, 1.807) is 18.3 Å². The Balaban J connectivity index is 0.00000108. The van der Waals surface area contributed by atoms with Gasteiger partial charge in [0.15, 0.2) is 0 Å². The Hall–Kier alpha value is -7.74. The van der Waals surface area contributed by atoms with Gasteiger partial charge >= 0.3 is 0 Å². The molecule has 0 saturated heterocycles. The molecule has 534 valence electrons. The van der Waals surface area contributed by atoms with Crippen molar-refractivity contribution in [3.8, 4) is 17.2 Å². The lowest BCUT2D eigenvalue weighted by molar-refractivity contribution is 0.465. The van der Waals surface area contributed by atoms with Crippen LogP contribution in [0.3, 0.4) is 0 Å². The number of phenols is 3. The van der Waals surface area contributed by atoms with Crippen LogP contribution in [0.25, 0.3) is 0 Å². The summed E-state index contributed by atoms with van der Waals surface area (Å²) in [5.41, 5.74) is 38.9. The molecule has 13 nitrogen and oxygen atoms in total. The number of halogens is 2. The van der Waals surface area contributed by atoms with Crippen molar-refractivity contribution in [2.24, 2.45) is 16.1 Å². The van der Waals surface area contributed by atoms with Crippen LogP contribution in [0.4, 0.5) is 29.0 Å². The Morgan fingerprint density at radius 3 is 1.42 bits per heavy atom. The smallest absolute Gasteiger partial charge is 0.134 e. The molecule has 5 heterocycles. The molecule has 0 amide bonds. The van der Waals surface area contributed by atoms with Crippen molar-refractivity contribution in [3.63, 3.8) is 0 Å². The van der Waals surface area contributed by atoms with Crippen LogP contribution in [-0.2, 0) is 0 Å². The Bertz CT molecular complexity index is 3640. The molecule has 0 radical (unpaired) electrons. The Labute approximate surface area is 597 Å². The maximum Gasteiger partial charge on any atom is 0.134 e. The highest BCUT2D eigenvalue weighted by molar-refractivity contribution is 6.32. The molecule has 10 N–H and O–H groups in total. The number of nitrogens with zero attached hydrogens (tertiary/aromatic N) is 6. The number of azo groups is 1. The van der Waals surface area contributed by atoms with E-state index in [1.807, 2.05) is 102 Å². The molecule has 0 aliphatic carbocycles. The third-order valence-corrected chi connectivity index (χ3v) is 16.9. The fourth-order valence-electron chi connectivity index (χ4n) is 11.1. The number of rotatable bonds is 9. The van der Waals surface area contributed by atoms with Crippen LogP contribution in [0.15, 0.2) is 108 Å². The van der Waals surface area contributed by atoms with E-state index in [0.29, 0.717) is 81.3 Å². The van der Waals surface area contributed by atoms with Gasteiger partial charge in [0.05, 0.1) is 15.7 Å². The Morgan fingerprint density at radius 2 is 0.928 bits per heavy atom. The number of nitrogens with one attached hydrogen (secondary N) is 1. The summed E-state index contributed by atoms with van der Waals surface area (Å²) in [4.78, 5) is 16.7. The third-order valence-electron chi connectivity index (χ3n) is 16.3. The third kappa shape index (κ3) is 28.0. The first-order valence-corrected chi connectivity index (χ1v) is 34.0. The Kier molecular flexibility index (Phi) is 38.8. The second-order valence-electron chi connectivity index (χ2n) is 27.2. The van der Waals surface area contributed by atoms with Gasteiger partial charge in [0.1, 0.15) is 46.6 Å². The molecule has 8 aromatic rings. The number of fused-ring (bicyclic) bond motifs is 1. The van der Waals surface area contributed by atoms with Gasteiger partial charge in [0.25, 0.3) is 0 Å². The van der Waals surface area contributed by atoms with E-state index >= 15 is 0 Å². The summed E-state index contributed by atoms with van der Waals surface area (Å²) in [6.45, 7) is 54.5. The van der Waals surface area contributed by atoms with E-state index in [0.717, 1.165) is 61.3 Å². The van der Waals surface area contributed by atoms with Gasteiger partial charge < -0.3 is 37.8 Å². The first kappa shape index (κ1) is 89.3. The fourth-order valence-corrected chi connectivity index (χ4v) is 11.6. The van der Waals surface area contributed by atoms with E-state index in [9.17, 15) is 15.3 Å². The molecule has 1 aliphatic rings. The summed E-state index contributed by atoms with van der Waals surface area (Å²) in [6.07, 6.45) is 3.51. The molecule has 1 atom stereocenters. The van der Waals surface area contributed by atoms with E-state index in [4.69, 9.17) is 40.4 Å². The SMILES string of the molecule is C.C.CC(C)C1N=Nc2ccccc21.CNc1cc(C(C)C)c(Cl)cn1.Cc1cc(C)c(C(C)C)c(C)c1O.Cc1cc(C)c(C(C)C)cc1O.Cc1cc(Cl)c(O)cc1C(C)C.Cc1cc(N)nc(C(C)C)c1C.Cc1ccc(N)nc1C(C)C.Cc1cnc(N)cc1C(C)C. The predicted octanol–water partition coefficient (Wildman–Crippen LogP) is 24.3. The molecule has 9 rings (SSSR count). The predicted molar refractivity (Wildman–Crippen MR) is 422 cm³/mol. The van der Waals surface area contributed by atoms with Crippen molar-refractivity contribution < 1.29 is 15.3 Å². The van der Waals surface area contributed by atoms with Crippen LogP contribution < -0.4 is 22.5 Å². The summed E-state index contributed by atoms with van der Waals surface area (Å²) in [6, 6.07) is 27.6. The highest BCUT2D eigenvalue weighted by Gasteiger charge is 2.22. The number of aromatic hydroxyl groups is 3. The maximum absolute atomic E-state index is 9.76. The van der Waals surface area contributed by atoms with Crippen LogP contribution in [0.1, 0.15) is 274 Å². The number of phenolic OH excluding ortho intramolecular Hbond substituents is 3. The van der Waals surface area contributed by atoms with Crippen LogP contribution in [0, 0.1) is 75.2 Å². The van der Waals surface area contributed by atoms with Crippen molar-refractivity contribution in [2.45, 2.75) is 242 Å². The average Bonchev–Trinajstić information content (AvgIpc) is 1.68. The standard InChI is InChI=1S/C12H18O.C11H16O.C10H13ClO.C10H12N2.C10H16N2.C9H13ClN2.2C9H14N2.2CH4/c1-7(2)11-8(3)6-9(4)12(13)10(11)5;1-7(2)10-6-11(12)9(4)5-8(10)3;1-6(2)8-5-10(12)9(11)4-7(8)3;1-7(2)10-8-5-3-4-6-9(8)11-12-10;1-6(2)10-8(4)7(3)5-9(11)12-10;1-6(2)7-4-9(11-3)12-5-8(7)10;1-6(2)8-4-9(10)11-5-7(8)3;1-6(2)9-7(3)4-5-8(10)11-9;;/h6-7,13H,1-5H3;5-7,12H,1-4H3;4-6,12H,1-3H3;3-7,10H,1-2H3;5-6H,1-4H3,(H2,11,12);4-6H,1-3H3,(H,11,12);2*4-6H,1-3H3,(H2,10,11);2*1H4. The monoisotopic (exact) mass is 1370 g/mol. The minimum atomic E-state index is 0. The van der Waals surface area contributed by atoms with E-state index in [2.05, 4.69) is 200 Å². The summed E-state index contributed by atoms with van der Waals surface area (Å²) in [5.74, 6) is 7.54. The number of nitrogens with two attached hydrogens (primary N) is 3. The summed E-state index contributed by atoms with van der Waals surface area (Å²) < 4.78 is 0. The molecular formula is C82H124Cl2N10O3. The van der Waals surface area contributed by atoms with Gasteiger partial charge in [-0.3, -0.25) is 0 Å². The molecular weight excluding hydrogens is 1240 g/mol. The molecule has 0 saturated carbocycles. The van der Waals surface area contributed by atoms with E-state index < -0.39 is 0 Å². The first-order valence-electron chi connectivity index (χ1n) is 33.3. The second kappa shape index (κ2) is 42.2. The van der Waals surface area contributed by atoms with Crippen molar-refractivity contribution in [3.05, 3.63) is 208 Å². The number of anilines is 4. The zero-order valence-corrected chi connectivity index (χ0v) is 64.0. The van der Waals surface area contributed by atoms with E-state index in [1.165, 1.54) is 55.6 Å². The number of pyridine rings is 4. The summed E-state index contributed by atoms with van der Waals surface area (Å²) in [7, 11) is 1.85. The summed E-state index contributed by atoms with van der Waals surface area (Å²) in [5, 5.41) is 41.1. The van der Waals surface area contributed by atoms with Gasteiger partial charge in [-0.15, -0.1) is 0 Å². The van der Waals surface area contributed by atoms with E-state index in [-0.39, 0.29) is 26.6 Å². The zero-order chi connectivity index (χ0) is 72.6.